The second-order valence-electron chi connectivity index (χ2n) is 11.1. The molecule has 0 radical (unpaired) electrons. The second-order valence-corrected chi connectivity index (χ2v) is 13.5. The molecule has 9 heteroatoms. The van der Waals surface area contributed by atoms with Crippen LogP contribution in [0.25, 0.3) is 21.8 Å². The summed E-state index contributed by atoms with van der Waals surface area (Å²) in [6, 6.07) is 22.9. The smallest absolute Gasteiger partial charge is 0.243 e. The highest BCUT2D eigenvalue weighted by Gasteiger charge is 2.24. The Morgan fingerprint density at radius 3 is 1.60 bits per heavy atom. The number of nitrogens with zero attached hydrogens (tertiary/aromatic N) is 3. The number of anilines is 2. The van der Waals surface area contributed by atoms with Crippen LogP contribution in [0.3, 0.4) is 0 Å². The van der Waals surface area contributed by atoms with Crippen molar-refractivity contribution in [3.63, 3.8) is 0 Å². The van der Waals surface area contributed by atoms with Gasteiger partial charge in [-0.05, 0) is 101 Å². The van der Waals surface area contributed by atoms with Crippen molar-refractivity contribution in [1.82, 2.24) is 14.3 Å². The van der Waals surface area contributed by atoms with Gasteiger partial charge in [0.2, 0.25) is 10.0 Å². The lowest BCUT2D eigenvalue weighted by atomic mass is 10.1. The first-order chi connectivity index (χ1) is 20.6. The van der Waals surface area contributed by atoms with Crippen molar-refractivity contribution >= 4 is 54.8 Å². The van der Waals surface area contributed by atoms with E-state index in [9.17, 15) is 8.42 Å². The molecule has 224 valence electrons. The van der Waals surface area contributed by atoms with Crippen LogP contribution in [0.5, 0.6) is 0 Å². The first-order valence-electron chi connectivity index (χ1n) is 14.6. The van der Waals surface area contributed by atoms with Gasteiger partial charge >= 0.3 is 0 Å². The first kappa shape index (κ1) is 30.7. The van der Waals surface area contributed by atoms with E-state index in [0.717, 1.165) is 44.6 Å². The van der Waals surface area contributed by atoms with Crippen molar-refractivity contribution in [1.29, 1.82) is 0 Å². The van der Waals surface area contributed by atoms with Crippen molar-refractivity contribution in [2.24, 2.45) is 0 Å². The lowest BCUT2D eigenvalue weighted by molar-refractivity contribution is 0.405. The number of rotatable bonds is 12. The largest absolute Gasteiger partial charge is 0.384 e. The molecule has 0 fully saturated rings. The third-order valence-electron chi connectivity index (χ3n) is 7.44. The van der Waals surface area contributed by atoms with E-state index < -0.39 is 10.0 Å². The van der Waals surface area contributed by atoms with Crippen molar-refractivity contribution in [3.8, 4) is 0 Å². The molecule has 7 nitrogen and oxygen atoms in total. The van der Waals surface area contributed by atoms with E-state index in [1.807, 2.05) is 38.1 Å². The highest BCUT2D eigenvalue weighted by Crippen LogP contribution is 2.26. The van der Waals surface area contributed by atoms with Crippen LogP contribution in [0.2, 0.25) is 5.02 Å². The number of nitrogens with one attached hydrogen (secondary N) is 2. The van der Waals surface area contributed by atoms with Crippen LogP contribution in [0.4, 0.5) is 11.4 Å². The zero-order valence-electron chi connectivity index (χ0n) is 25.1. The fourth-order valence-corrected chi connectivity index (χ4v) is 6.94. The number of pyridine rings is 2. The van der Waals surface area contributed by atoms with E-state index in [2.05, 4.69) is 58.7 Å². The molecule has 2 aromatic heterocycles. The van der Waals surface area contributed by atoms with E-state index in [1.165, 1.54) is 11.1 Å². The summed E-state index contributed by atoms with van der Waals surface area (Å²) in [7, 11) is -3.70. The molecule has 0 amide bonds. The number of halogens is 1. The fraction of sp³-hybridized carbons (Fsp3) is 0.294. The minimum atomic E-state index is -3.70. The Hall–Kier alpha value is -3.72. The van der Waals surface area contributed by atoms with Gasteiger partial charge in [0.05, 0.1) is 15.9 Å². The summed E-state index contributed by atoms with van der Waals surface area (Å²) in [4.78, 5) is 9.54. The minimum Gasteiger partial charge on any atom is -0.384 e. The molecule has 0 unspecified atom stereocenters. The maximum absolute atomic E-state index is 13.7. The molecule has 0 bridgehead atoms. The molecule has 0 saturated heterocycles. The summed E-state index contributed by atoms with van der Waals surface area (Å²) in [5.41, 5.74) is 8.12. The number of hydrogen-bond acceptors (Lipinski definition) is 6. The first-order valence-corrected chi connectivity index (χ1v) is 16.4. The molecule has 2 N–H and O–H groups in total. The van der Waals surface area contributed by atoms with E-state index in [4.69, 9.17) is 11.6 Å². The predicted octanol–water partition coefficient (Wildman–Crippen LogP) is 7.67. The van der Waals surface area contributed by atoms with Gasteiger partial charge in [0.25, 0.3) is 0 Å². The van der Waals surface area contributed by atoms with Gasteiger partial charge in [-0.1, -0.05) is 34.9 Å². The van der Waals surface area contributed by atoms with Crippen LogP contribution in [-0.4, -0.2) is 48.9 Å². The van der Waals surface area contributed by atoms with Crippen LogP contribution >= 0.6 is 11.6 Å². The topological polar surface area (TPSA) is 87.2 Å². The Labute approximate surface area is 259 Å². The molecule has 5 aromatic rings. The lowest BCUT2D eigenvalue weighted by Crippen LogP contribution is -2.34. The average molecular weight is 616 g/mol. The summed E-state index contributed by atoms with van der Waals surface area (Å²) < 4.78 is 29.0. The van der Waals surface area contributed by atoms with Gasteiger partial charge in [-0.3, -0.25) is 9.97 Å². The zero-order chi connectivity index (χ0) is 30.6. The minimum absolute atomic E-state index is 0.246. The molecule has 0 aliphatic rings. The maximum atomic E-state index is 13.7. The average Bonchev–Trinajstić information content (AvgIpc) is 2.96. The molecule has 3 aromatic carbocycles. The highest BCUT2D eigenvalue weighted by atomic mass is 35.5. The van der Waals surface area contributed by atoms with Gasteiger partial charge in [-0.15, -0.1) is 0 Å². The molecule has 0 saturated carbocycles. The third kappa shape index (κ3) is 7.44. The van der Waals surface area contributed by atoms with Crippen LogP contribution in [0, 0.1) is 27.7 Å². The zero-order valence-corrected chi connectivity index (χ0v) is 26.7. The molecule has 0 aliphatic heterocycles. The third-order valence-corrected chi connectivity index (χ3v) is 9.60. The number of hydrogen-bond donors (Lipinski definition) is 2. The Bertz CT molecular complexity index is 1760. The standard InChI is InChI=1S/C34H38ClN5O2S/c1-23-7-13-31-29(19-23)33(21-25(3)38-31)36-15-5-17-40(43(41,42)28-11-9-27(35)10-12-28)18-6-16-37-34-22-26(4)39-32-14-8-24(2)20-30(32)34/h7-14,19-22H,5-6,15-18H2,1-4H3,(H,36,38)(H,37,39). The number of aryl methyl sites for hydroxylation is 4. The van der Waals surface area contributed by atoms with Crippen LogP contribution in [0.1, 0.15) is 35.4 Å². The van der Waals surface area contributed by atoms with E-state index in [1.54, 1.807) is 28.6 Å². The van der Waals surface area contributed by atoms with Crippen LogP contribution in [0.15, 0.2) is 77.7 Å². The van der Waals surface area contributed by atoms with E-state index in [-0.39, 0.29) is 4.90 Å². The molecule has 5 rings (SSSR count). The Morgan fingerprint density at radius 1 is 0.674 bits per heavy atom. The van der Waals surface area contributed by atoms with Gasteiger partial charge in [-0.2, -0.15) is 4.31 Å². The van der Waals surface area contributed by atoms with Crippen molar-refractivity contribution in [3.05, 3.63) is 100 Å². The van der Waals surface area contributed by atoms with Crippen molar-refractivity contribution in [2.45, 2.75) is 45.4 Å². The number of aromatic nitrogens is 2. The molecule has 0 atom stereocenters. The monoisotopic (exact) mass is 615 g/mol. The molecular formula is C34H38ClN5O2S. The fourth-order valence-electron chi connectivity index (χ4n) is 5.30. The quantitative estimate of drug-likeness (QED) is 0.140. The lowest BCUT2D eigenvalue weighted by Gasteiger charge is -2.23. The number of fused-ring (bicyclic) bond motifs is 2. The summed E-state index contributed by atoms with van der Waals surface area (Å²) in [5, 5.41) is 9.69. The van der Waals surface area contributed by atoms with Crippen molar-refractivity contribution < 1.29 is 8.42 Å². The van der Waals surface area contributed by atoms with Gasteiger partial charge in [-0.25, -0.2) is 8.42 Å². The maximum Gasteiger partial charge on any atom is 0.243 e. The van der Waals surface area contributed by atoms with E-state index >= 15 is 0 Å². The van der Waals surface area contributed by atoms with Crippen molar-refractivity contribution in [2.75, 3.05) is 36.8 Å². The van der Waals surface area contributed by atoms with Gasteiger partial charge in [0, 0.05) is 64.7 Å². The van der Waals surface area contributed by atoms with Gasteiger partial charge < -0.3 is 10.6 Å². The Kier molecular flexibility index (Phi) is 9.49. The molecule has 0 aliphatic carbocycles. The molecular weight excluding hydrogens is 578 g/mol. The van der Waals surface area contributed by atoms with Crippen LogP contribution < -0.4 is 10.6 Å². The second kappa shape index (κ2) is 13.3. The normalized spacial score (nSPS) is 11.9. The van der Waals surface area contributed by atoms with E-state index in [0.29, 0.717) is 44.0 Å². The molecule has 0 spiro atoms. The Balaban J connectivity index is 1.27. The summed E-state index contributed by atoms with van der Waals surface area (Å²) in [6.45, 7) is 10.1. The molecule has 2 heterocycles. The molecule has 43 heavy (non-hydrogen) atoms. The van der Waals surface area contributed by atoms with Gasteiger partial charge in [0.15, 0.2) is 0 Å². The SMILES string of the molecule is Cc1ccc2nc(C)cc(NCCCN(CCCNc3cc(C)nc4ccc(C)cc34)S(=O)(=O)c3ccc(Cl)cc3)c2c1. The summed E-state index contributed by atoms with van der Waals surface area (Å²) in [5.74, 6) is 0. The Morgan fingerprint density at radius 2 is 1.14 bits per heavy atom. The highest BCUT2D eigenvalue weighted by molar-refractivity contribution is 7.89. The predicted molar refractivity (Wildman–Crippen MR) is 179 cm³/mol. The number of benzene rings is 3. The number of sulfonamides is 1. The van der Waals surface area contributed by atoms with Crippen LogP contribution in [-0.2, 0) is 10.0 Å². The summed E-state index contributed by atoms with van der Waals surface area (Å²) >= 11 is 6.05. The van der Waals surface area contributed by atoms with Gasteiger partial charge in [0.1, 0.15) is 0 Å². The summed E-state index contributed by atoms with van der Waals surface area (Å²) in [6.07, 6.45) is 1.28.